The molecule has 0 saturated heterocycles. The molecule has 2 aromatic rings. The lowest BCUT2D eigenvalue weighted by Gasteiger charge is -2.12. The van der Waals surface area contributed by atoms with E-state index in [-0.39, 0.29) is 12.0 Å². The zero-order valence-electron chi connectivity index (χ0n) is 12.7. The molecule has 0 aromatic heterocycles. The molecule has 23 heavy (non-hydrogen) atoms. The Morgan fingerprint density at radius 2 is 1.96 bits per heavy atom. The second-order valence-electron chi connectivity index (χ2n) is 5.05. The molecule has 4 nitrogen and oxygen atoms in total. The number of nitrogens with zero attached hydrogens (tertiary/aromatic N) is 1. The van der Waals surface area contributed by atoms with Gasteiger partial charge in [0.05, 0.1) is 12.3 Å². The van der Waals surface area contributed by atoms with Crippen LogP contribution < -0.4 is 10.2 Å². The fourth-order valence-corrected chi connectivity index (χ4v) is 2.55. The lowest BCUT2D eigenvalue weighted by molar-refractivity contribution is 0.0955. The Hall–Kier alpha value is -1.41. The predicted octanol–water partition coefficient (Wildman–Crippen LogP) is 4.60. The van der Waals surface area contributed by atoms with E-state index in [0.29, 0.717) is 5.56 Å². The van der Waals surface area contributed by atoms with E-state index in [2.05, 4.69) is 49.0 Å². The Labute approximate surface area is 157 Å². The average Bonchev–Trinajstić information content (AvgIpc) is 2.50. The van der Waals surface area contributed by atoms with Crippen LogP contribution in [0, 0.1) is 3.57 Å². The maximum Gasteiger partial charge on any atom is 0.271 e. The van der Waals surface area contributed by atoms with Gasteiger partial charge in [-0.05, 0) is 78.9 Å². The second-order valence-corrected chi connectivity index (χ2v) is 7.22. The molecule has 0 fully saturated rings. The van der Waals surface area contributed by atoms with E-state index in [1.54, 1.807) is 18.3 Å². The molecule has 0 atom stereocenters. The Bertz CT molecular complexity index is 715. The van der Waals surface area contributed by atoms with E-state index in [1.807, 2.05) is 44.2 Å². The highest BCUT2D eigenvalue weighted by molar-refractivity contribution is 14.1. The lowest BCUT2D eigenvalue weighted by atomic mass is 10.2. The molecule has 0 radical (unpaired) electrons. The zero-order chi connectivity index (χ0) is 16.8. The zero-order valence-corrected chi connectivity index (χ0v) is 16.5. The van der Waals surface area contributed by atoms with Gasteiger partial charge in [0.2, 0.25) is 0 Å². The number of benzene rings is 2. The quantitative estimate of drug-likeness (QED) is 0.381. The van der Waals surface area contributed by atoms with Crippen LogP contribution in [0.3, 0.4) is 0 Å². The minimum Gasteiger partial charge on any atom is -0.490 e. The summed E-state index contributed by atoms with van der Waals surface area (Å²) in [6.07, 6.45) is 1.64. The smallest absolute Gasteiger partial charge is 0.271 e. The van der Waals surface area contributed by atoms with Crippen molar-refractivity contribution < 1.29 is 9.53 Å². The summed E-state index contributed by atoms with van der Waals surface area (Å²) in [4.78, 5) is 12.0. The molecule has 0 spiro atoms. The minimum atomic E-state index is -0.251. The molecular formula is C17H16BrIN2O2. The summed E-state index contributed by atoms with van der Waals surface area (Å²) < 4.78 is 7.72. The molecular weight excluding hydrogens is 471 g/mol. The second kappa shape index (κ2) is 8.44. The predicted molar refractivity (Wildman–Crippen MR) is 104 cm³/mol. The summed E-state index contributed by atoms with van der Waals surface area (Å²) >= 11 is 5.61. The number of hydrogen-bond acceptors (Lipinski definition) is 3. The van der Waals surface area contributed by atoms with Gasteiger partial charge in [-0.15, -0.1) is 0 Å². The van der Waals surface area contributed by atoms with E-state index in [0.717, 1.165) is 19.4 Å². The molecule has 0 aliphatic heterocycles. The first-order valence-corrected chi connectivity index (χ1v) is 8.88. The number of carbonyl (C=O) groups is 1. The standard InChI is InChI=1S/C17H16BrIN2O2/c1-11(2)23-16-8-5-14(18)9-13(16)10-20-21-17(22)12-3-6-15(19)7-4-12/h3-11H,1-2H3,(H,21,22)/b20-10-. The third kappa shape index (κ3) is 5.62. The molecule has 2 rings (SSSR count). The molecule has 0 aliphatic rings. The maximum absolute atomic E-state index is 12.0. The highest BCUT2D eigenvalue weighted by atomic mass is 127. The van der Waals surface area contributed by atoms with Crippen molar-refractivity contribution in [3.63, 3.8) is 0 Å². The minimum absolute atomic E-state index is 0.0599. The summed E-state index contributed by atoms with van der Waals surface area (Å²) in [6.45, 7) is 3.92. The van der Waals surface area contributed by atoms with Crippen molar-refractivity contribution in [2.75, 3.05) is 0 Å². The van der Waals surface area contributed by atoms with Crippen molar-refractivity contribution in [1.29, 1.82) is 0 Å². The number of ether oxygens (including phenoxy) is 1. The van der Waals surface area contributed by atoms with Gasteiger partial charge >= 0.3 is 0 Å². The van der Waals surface area contributed by atoms with Gasteiger partial charge in [-0.3, -0.25) is 4.79 Å². The molecule has 0 unspecified atom stereocenters. The summed E-state index contributed by atoms with van der Waals surface area (Å²) in [5, 5.41) is 4.02. The van der Waals surface area contributed by atoms with Crippen molar-refractivity contribution in [2.24, 2.45) is 5.10 Å². The average molecular weight is 487 g/mol. The number of rotatable bonds is 5. The Morgan fingerprint density at radius 3 is 2.61 bits per heavy atom. The van der Waals surface area contributed by atoms with Gasteiger partial charge in [0.1, 0.15) is 5.75 Å². The Balaban J connectivity index is 2.09. The summed E-state index contributed by atoms with van der Waals surface area (Å²) in [5.74, 6) is 0.467. The number of carbonyl (C=O) groups excluding carboxylic acids is 1. The van der Waals surface area contributed by atoms with Crippen LogP contribution in [-0.2, 0) is 0 Å². The fraction of sp³-hybridized carbons (Fsp3) is 0.176. The first kappa shape index (κ1) is 17.9. The highest BCUT2D eigenvalue weighted by Crippen LogP contribution is 2.22. The van der Waals surface area contributed by atoms with E-state index < -0.39 is 0 Å². The van der Waals surface area contributed by atoms with Gasteiger partial charge in [-0.25, -0.2) is 5.43 Å². The first-order chi connectivity index (χ1) is 11.0. The van der Waals surface area contributed by atoms with Gasteiger partial charge in [0.15, 0.2) is 0 Å². The Morgan fingerprint density at radius 1 is 1.26 bits per heavy atom. The highest BCUT2D eigenvalue weighted by Gasteiger charge is 2.06. The topological polar surface area (TPSA) is 50.7 Å². The molecule has 1 N–H and O–H groups in total. The Kier molecular flexibility index (Phi) is 6.59. The fourth-order valence-electron chi connectivity index (χ4n) is 1.81. The van der Waals surface area contributed by atoms with Crippen LogP contribution in [0.5, 0.6) is 5.75 Å². The molecule has 0 heterocycles. The van der Waals surface area contributed by atoms with Crippen LogP contribution in [0.15, 0.2) is 52.0 Å². The van der Waals surface area contributed by atoms with Crippen molar-refractivity contribution in [1.82, 2.24) is 5.43 Å². The van der Waals surface area contributed by atoms with Crippen LogP contribution in [0.2, 0.25) is 0 Å². The number of hydrazone groups is 1. The van der Waals surface area contributed by atoms with E-state index >= 15 is 0 Å². The normalized spacial score (nSPS) is 11.0. The molecule has 0 bridgehead atoms. The van der Waals surface area contributed by atoms with Crippen molar-refractivity contribution in [3.8, 4) is 5.75 Å². The largest absolute Gasteiger partial charge is 0.490 e. The van der Waals surface area contributed by atoms with Gasteiger partial charge in [0, 0.05) is 19.2 Å². The van der Waals surface area contributed by atoms with Crippen molar-refractivity contribution in [3.05, 3.63) is 61.6 Å². The summed E-state index contributed by atoms with van der Waals surface area (Å²) in [5.41, 5.74) is 3.88. The van der Waals surface area contributed by atoms with E-state index in [4.69, 9.17) is 4.74 Å². The van der Waals surface area contributed by atoms with Crippen LogP contribution in [0.1, 0.15) is 29.8 Å². The molecule has 6 heteroatoms. The third-order valence-electron chi connectivity index (χ3n) is 2.81. The molecule has 0 saturated carbocycles. The number of halogens is 2. The SMILES string of the molecule is CC(C)Oc1ccc(Br)cc1/C=N\NC(=O)c1ccc(I)cc1. The van der Waals surface area contributed by atoms with Crippen LogP contribution in [0.25, 0.3) is 0 Å². The monoisotopic (exact) mass is 486 g/mol. The maximum atomic E-state index is 12.0. The summed E-state index contributed by atoms with van der Waals surface area (Å²) in [7, 11) is 0. The van der Waals surface area contributed by atoms with Gasteiger partial charge in [-0.1, -0.05) is 15.9 Å². The molecule has 120 valence electrons. The molecule has 1 amide bonds. The third-order valence-corrected chi connectivity index (χ3v) is 4.02. The van der Waals surface area contributed by atoms with Crippen molar-refractivity contribution >= 4 is 50.6 Å². The van der Waals surface area contributed by atoms with Crippen LogP contribution in [0.4, 0.5) is 0 Å². The number of nitrogens with one attached hydrogen (secondary N) is 1. The molecule has 0 aliphatic carbocycles. The van der Waals surface area contributed by atoms with Gasteiger partial charge in [0.25, 0.3) is 5.91 Å². The van der Waals surface area contributed by atoms with E-state index in [9.17, 15) is 4.79 Å². The summed E-state index contributed by atoms with van der Waals surface area (Å²) in [6, 6.07) is 12.9. The van der Waals surface area contributed by atoms with Crippen LogP contribution >= 0.6 is 38.5 Å². The number of amides is 1. The number of hydrogen-bond donors (Lipinski definition) is 1. The van der Waals surface area contributed by atoms with Gasteiger partial charge in [-0.2, -0.15) is 5.10 Å². The van der Waals surface area contributed by atoms with Gasteiger partial charge < -0.3 is 4.74 Å². The lowest BCUT2D eigenvalue weighted by Crippen LogP contribution is -2.17. The van der Waals surface area contributed by atoms with Crippen LogP contribution in [-0.4, -0.2) is 18.2 Å². The van der Waals surface area contributed by atoms with E-state index in [1.165, 1.54) is 0 Å². The van der Waals surface area contributed by atoms with Crippen molar-refractivity contribution in [2.45, 2.75) is 20.0 Å². The first-order valence-electron chi connectivity index (χ1n) is 7.01. The molecule has 2 aromatic carbocycles.